The lowest BCUT2D eigenvalue weighted by molar-refractivity contribution is 0.641. The molecule has 0 fully saturated rings. The van der Waals surface area contributed by atoms with E-state index in [0.29, 0.717) is 11.3 Å². The average molecular weight is 209 g/mol. The van der Waals surface area contributed by atoms with Crippen molar-refractivity contribution in [3.63, 3.8) is 0 Å². The van der Waals surface area contributed by atoms with E-state index in [2.05, 4.69) is 15.1 Å². The molecular formula is C8H11N5S. The van der Waals surface area contributed by atoms with Crippen molar-refractivity contribution in [3.05, 3.63) is 28.8 Å². The maximum Gasteiger partial charge on any atom is 0.177 e. The zero-order valence-corrected chi connectivity index (χ0v) is 8.88. The van der Waals surface area contributed by atoms with Crippen LogP contribution in [0.15, 0.2) is 12.5 Å². The van der Waals surface area contributed by atoms with Crippen molar-refractivity contribution in [3.8, 4) is 0 Å². The molecule has 0 saturated carbocycles. The summed E-state index contributed by atoms with van der Waals surface area (Å²) in [6, 6.07) is 0. The number of aromatic nitrogens is 5. The smallest absolute Gasteiger partial charge is 0.177 e. The number of nitrogens with zero attached hydrogens (tertiary/aromatic N) is 4. The highest BCUT2D eigenvalue weighted by Crippen LogP contribution is 2.03. The fourth-order valence-electron chi connectivity index (χ4n) is 1.28. The van der Waals surface area contributed by atoms with E-state index in [1.165, 1.54) is 0 Å². The summed E-state index contributed by atoms with van der Waals surface area (Å²) in [4.78, 5) is 7.13. The molecular weight excluding hydrogens is 198 g/mol. The van der Waals surface area contributed by atoms with Gasteiger partial charge in [-0.1, -0.05) is 0 Å². The SMILES string of the molecule is Cc1c[nH]c(=S)n1Cc1ncnn1C. The number of hydrogen-bond acceptors (Lipinski definition) is 3. The normalized spacial score (nSPS) is 10.7. The van der Waals surface area contributed by atoms with Gasteiger partial charge in [-0.2, -0.15) is 5.10 Å². The zero-order valence-electron chi connectivity index (χ0n) is 8.06. The highest BCUT2D eigenvalue weighted by atomic mass is 32.1. The van der Waals surface area contributed by atoms with Gasteiger partial charge >= 0.3 is 0 Å². The monoisotopic (exact) mass is 209 g/mol. The molecule has 1 N–H and O–H groups in total. The molecule has 0 amide bonds. The van der Waals surface area contributed by atoms with Crippen molar-refractivity contribution in [1.29, 1.82) is 0 Å². The topological polar surface area (TPSA) is 51.4 Å². The number of nitrogens with one attached hydrogen (secondary N) is 1. The maximum absolute atomic E-state index is 5.14. The standard InChI is InChI=1S/C8H11N5S/c1-6-3-9-8(14)13(6)4-7-10-5-11-12(7)2/h3,5H,4H2,1-2H3,(H,9,14). The Morgan fingerprint density at radius 1 is 1.57 bits per heavy atom. The Balaban J connectivity index is 2.36. The first-order valence-corrected chi connectivity index (χ1v) is 4.67. The minimum Gasteiger partial charge on any atom is -0.337 e. The highest BCUT2D eigenvalue weighted by Gasteiger charge is 2.04. The van der Waals surface area contributed by atoms with Crippen molar-refractivity contribution < 1.29 is 0 Å². The molecule has 0 saturated heterocycles. The van der Waals surface area contributed by atoms with Crippen LogP contribution in [0, 0.1) is 11.7 Å². The minimum atomic E-state index is 0.657. The van der Waals surface area contributed by atoms with Gasteiger partial charge in [-0.25, -0.2) is 4.98 Å². The lowest BCUT2D eigenvalue weighted by Crippen LogP contribution is -2.08. The molecule has 0 aliphatic rings. The second-order valence-electron chi connectivity index (χ2n) is 3.12. The molecule has 0 atom stereocenters. The summed E-state index contributed by atoms with van der Waals surface area (Å²) in [5, 5.41) is 4.00. The van der Waals surface area contributed by atoms with Gasteiger partial charge in [-0.3, -0.25) is 4.68 Å². The van der Waals surface area contributed by atoms with Gasteiger partial charge in [0.15, 0.2) is 4.77 Å². The first-order valence-electron chi connectivity index (χ1n) is 4.26. The van der Waals surface area contributed by atoms with Crippen molar-refractivity contribution in [2.45, 2.75) is 13.5 Å². The Kier molecular flexibility index (Phi) is 2.20. The molecule has 0 bridgehead atoms. The van der Waals surface area contributed by atoms with Crippen molar-refractivity contribution in [2.75, 3.05) is 0 Å². The fourth-order valence-corrected chi connectivity index (χ4v) is 1.55. The van der Waals surface area contributed by atoms with E-state index < -0.39 is 0 Å². The predicted molar refractivity (Wildman–Crippen MR) is 54.5 cm³/mol. The quantitative estimate of drug-likeness (QED) is 0.752. The van der Waals surface area contributed by atoms with Gasteiger partial charge in [0.2, 0.25) is 0 Å². The van der Waals surface area contributed by atoms with E-state index >= 15 is 0 Å². The Hall–Kier alpha value is -1.43. The van der Waals surface area contributed by atoms with Crippen LogP contribution in [-0.2, 0) is 13.6 Å². The Morgan fingerprint density at radius 3 is 2.86 bits per heavy atom. The molecule has 2 heterocycles. The third-order valence-electron chi connectivity index (χ3n) is 2.18. The summed E-state index contributed by atoms with van der Waals surface area (Å²) in [6.45, 7) is 2.66. The molecule has 2 aromatic rings. The van der Waals surface area contributed by atoms with Gasteiger partial charge in [0.05, 0.1) is 6.54 Å². The molecule has 5 nitrogen and oxygen atoms in total. The number of aryl methyl sites for hydroxylation is 2. The van der Waals surface area contributed by atoms with Gasteiger partial charge in [-0.15, -0.1) is 0 Å². The van der Waals surface area contributed by atoms with E-state index in [1.54, 1.807) is 11.0 Å². The first kappa shape index (κ1) is 9.14. The molecule has 74 valence electrons. The van der Waals surface area contributed by atoms with E-state index in [1.807, 2.05) is 24.7 Å². The molecule has 2 aromatic heterocycles. The van der Waals surface area contributed by atoms with Crippen LogP contribution in [0.1, 0.15) is 11.5 Å². The minimum absolute atomic E-state index is 0.657. The summed E-state index contributed by atoms with van der Waals surface area (Å²) >= 11 is 5.14. The van der Waals surface area contributed by atoms with Crippen LogP contribution < -0.4 is 0 Å². The molecule has 0 aliphatic carbocycles. The number of imidazole rings is 1. The largest absolute Gasteiger partial charge is 0.337 e. The second kappa shape index (κ2) is 3.38. The third-order valence-corrected chi connectivity index (χ3v) is 2.52. The number of rotatable bonds is 2. The van der Waals surface area contributed by atoms with Gasteiger partial charge in [0.1, 0.15) is 12.2 Å². The predicted octanol–water partition coefficient (Wildman–Crippen LogP) is 1.03. The Bertz CT molecular complexity index is 492. The Labute approximate surface area is 86.4 Å². The molecule has 0 aliphatic heterocycles. The average Bonchev–Trinajstić information content (AvgIpc) is 2.67. The maximum atomic E-state index is 5.14. The zero-order chi connectivity index (χ0) is 10.1. The Morgan fingerprint density at radius 2 is 2.36 bits per heavy atom. The summed E-state index contributed by atoms with van der Waals surface area (Å²) in [7, 11) is 1.87. The van der Waals surface area contributed by atoms with Crippen LogP contribution in [0.25, 0.3) is 0 Å². The first-order chi connectivity index (χ1) is 6.68. The van der Waals surface area contributed by atoms with Crippen LogP contribution in [-0.4, -0.2) is 24.3 Å². The van der Waals surface area contributed by atoms with Crippen LogP contribution >= 0.6 is 12.2 Å². The van der Waals surface area contributed by atoms with Gasteiger partial charge in [0.25, 0.3) is 0 Å². The molecule has 2 rings (SSSR count). The van der Waals surface area contributed by atoms with Crippen LogP contribution in [0.4, 0.5) is 0 Å². The highest BCUT2D eigenvalue weighted by molar-refractivity contribution is 7.71. The number of hydrogen-bond donors (Lipinski definition) is 1. The second-order valence-corrected chi connectivity index (χ2v) is 3.51. The van der Waals surface area contributed by atoms with E-state index in [4.69, 9.17) is 12.2 Å². The van der Waals surface area contributed by atoms with Crippen molar-refractivity contribution >= 4 is 12.2 Å². The van der Waals surface area contributed by atoms with Gasteiger partial charge < -0.3 is 9.55 Å². The van der Waals surface area contributed by atoms with Crippen molar-refractivity contribution in [1.82, 2.24) is 24.3 Å². The van der Waals surface area contributed by atoms with Crippen LogP contribution in [0.5, 0.6) is 0 Å². The molecule has 6 heteroatoms. The fraction of sp³-hybridized carbons (Fsp3) is 0.375. The molecule has 0 unspecified atom stereocenters. The van der Waals surface area contributed by atoms with E-state index in [9.17, 15) is 0 Å². The summed E-state index contributed by atoms with van der Waals surface area (Å²) in [6.07, 6.45) is 3.43. The van der Waals surface area contributed by atoms with Gasteiger partial charge in [0, 0.05) is 18.9 Å². The van der Waals surface area contributed by atoms with Gasteiger partial charge in [-0.05, 0) is 19.1 Å². The lowest BCUT2D eigenvalue weighted by atomic mass is 10.5. The number of H-pyrrole nitrogens is 1. The molecule has 14 heavy (non-hydrogen) atoms. The lowest BCUT2D eigenvalue weighted by Gasteiger charge is -2.03. The molecule has 0 aromatic carbocycles. The van der Waals surface area contributed by atoms with Crippen LogP contribution in [0.2, 0.25) is 0 Å². The van der Waals surface area contributed by atoms with E-state index in [0.717, 1.165) is 11.5 Å². The third kappa shape index (κ3) is 1.48. The van der Waals surface area contributed by atoms with Crippen molar-refractivity contribution in [2.24, 2.45) is 7.05 Å². The molecule has 0 spiro atoms. The number of aromatic amines is 1. The molecule has 0 radical (unpaired) electrons. The van der Waals surface area contributed by atoms with E-state index in [-0.39, 0.29) is 0 Å². The summed E-state index contributed by atoms with van der Waals surface area (Å²) in [5.74, 6) is 0.892. The summed E-state index contributed by atoms with van der Waals surface area (Å²) in [5.41, 5.74) is 1.10. The van der Waals surface area contributed by atoms with Crippen LogP contribution in [0.3, 0.4) is 0 Å². The summed E-state index contributed by atoms with van der Waals surface area (Å²) < 4.78 is 4.44.